The molecule has 0 radical (unpaired) electrons. The molecule has 1 aliphatic heterocycles. The van der Waals surface area contributed by atoms with Crippen molar-refractivity contribution in [3.05, 3.63) is 42.1 Å². The molecule has 120 valence electrons. The van der Waals surface area contributed by atoms with Crippen molar-refractivity contribution in [3.8, 4) is 0 Å². The Morgan fingerprint density at radius 1 is 1.32 bits per heavy atom. The van der Waals surface area contributed by atoms with Crippen molar-refractivity contribution < 1.29 is 9.52 Å². The van der Waals surface area contributed by atoms with Gasteiger partial charge in [-0.1, -0.05) is 12.8 Å². The lowest BCUT2D eigenvalue weighted by atomic mass is 10.1. The van der Waals surface area contributed by atoms with Crippen molar-refractivity contribution in [3.63, 3.8) is 0 Å². The van der Waals surface area contributed by atoms with Gasteiger partial charge in [0, 0.05) is 18.9 Å². The summed E-state index contributed by atoms with van der Waals surface area (Å²) < 4.78 is 7.64. The van der Waals surface area contributed by atoms with Crippen LogP contribution in [0.4, 0.5) is 0 Å². The van der Waals surface area contributed by atoms with Gasteiger partial charge < -0.3 is 9.52 Å². The standard InChI is InChI=1S/C17H25N3O2/c1-14-7-8-17(22-14)16-6-3-2-4-10-19(16)12-15(21)13-20-11-5-9-18-20/h5,7-9,11,15-16,21H,2-4,6,10,12-13H2,1H3/t15-,16-/m0/s1. The summed E-state index contributed by atoms with van der Waals surface area (Å²) in [6.45, 7) is 4.19. The lowest BCUT2D eigenvalue weighted by molar-refractivity contribution is 0.0677. The van der Waals surface area contributed by atoms with E-state index < -0.39 is 6.10 Å². The van der Waals surface area contributed by atoms with E-state index in [2.05, 4.69) is 16.1 Å². The first-order chi connectivity index (χ1) is 10.7. The zero-order valence-corrected chi connectivity index (χ0v) is 13.2. The van der Waals surface area contributed by atoms with Gasteiger partial charge >= 0.3 is 0 Å². The minimum atomic E-state index is -0.420. The fourth-order valence-corrected chi connectivity index (χ4v) is 3.29. The summed E-state index contributed by atoms with van der Waals surface area (Å²) in [5, 5.41) is 14.6. The van der Waals surface area contributed by atoms with Crippen LogP contribution in [0.2, 0.25) is 0 Å². The second kappa shape index (κ2) is 7.11. The summed E-state index contributed by atoms with van der Waals surface area (Å²) in [5.41, 5.74) is 0. The van der Waals surface area contributed by atoms with Gasteiger partial charge in [-0.05, 0) is 44.5 Å². The number of aryl methyl sites for hydroxylation is 1. The van der Waals surface area contributed by atoms with Gasteiger partial charge in [0.1, 0.15) is 11.5 Å². The maximum atomic E-state index is 10.4. The van der Waals surface area contributed by atoms with Gasteiger partial charge in [0.15, 0.2) is 0 Å². The molecule has 1 aliphatic rings. The monoisotopic (exact) mass is 303 g/mol. The van der Waals surface area contributed by atoms with Crippen LogP contribution in [0.15, 0.2) is 35.0 Å². The second-order valence-electron chi connectivity index (χ2n) is 6.19. The van der Waals surface area contributed by atoms with E-state index in [-0.39, 0.29) is 6.04 Å². The first kappa shape index (κ1) is 15.3. The number of hydrogen-bond donors (Lipinski definition) is 1. The third kappa shape index (κ3) is 3.78. The smallest absolute Gasteiger partial charge is 0.121 e. The molecule has 5 nitrogen and oxygen atoms in total. The topological polar surface area (TPSA) is 54.4 Å². The molecule has 0 amide bonds. The van der Waals surface area contributed by atoms with Gasteiger partial charge in [-0.2, -0.15) is 5.10 Å². The van der Waals surface area contributed by atoms with Crippen molar-refractivity contribution in [2.75, 3.05) is 13.1 Å². The summed E-state index contributed by atoms with van der Waals surface area (Å²) in [6.07, 6.45) is 7.97. The largest absolute Gasteiger partial charge is 0.465 e. The van der Waals surface area contributed by atoms with E-state index in [0.717, 1.165) is 24.5 Å². The number of hydrogen-bond acceptors (Lipinski definition) is 4. The highest BCUT2D eigenvalue weighted by Gasteiger charge is 2.26. The average Bonchev–Trinajstić information content (AvgIpc) is 3.08. The number of aromatic nitrogens is 2. The number of β-amino-alcohol motifs (C(OH)–C–C–N with tert-alkyl or cyclic N) is 1. The molecule has 0 unspecified atom stereocenters. The van der Waals surface area contributed by atoms with Crippen LogP contribution in [0.1, 0.15) is 43.2 Å². The Kier molecular flexibility index (Phi) is 4.95. The Hall–Kier alpha value is -1.59. The average molecular weight is 303 g/mol. The number of rotatable bonds is 5. The van der Waals surface area contributed by atoms with Crippen molar-refractivity contribution in [2.45, 2.75) is 51.3 Å². The molecule has 1 fully saturated rings. The van der Waals surface area contributed by atoms with Crippen molar-refractivity contribution >= 4 is 0 Å². The van der Waals surface area contributed by atoms with Gasteiger partial charge in [0.05, 0.1) is 18.7 Å². The molecular weight excluding hydrogens is 278 g/mol. The number of furan rings is 1. The Balaban J connectivity index is 1.67. The highest BCUT2D eigenvalue weighted by molar-refractivity contribution is 5.10. The quantitative estimate of drug-likeness (QED) is 0.923. The molecule has 1 N–H and O–H groups in total. The lowest BCUT2D eigenvalue weighted by Gasteiger charge is -2.30. The molecule has 1 saturated heterocycles. The highest BCUT2D eigenvalue weighted by Crippen LogP contribution is 2.31. The SMILES string of the molecule is Cc1ccc([C@@H]2CCCCCN2C[C@H](O)Cn2cccn2)o1. The van der Waals surface area contributed by atoms with Crippen molar-refractivity contribution in [1.82, 2.24) is 14.7 Å². The first-order valence-corrected chi connectivity index (χ1v) is 8.18. The first-order valence-electron chi connectivity index (χ1n) is 8.18. The summed E-state index contributed by atoms with van der Waals surface area (Å²) in [4.78, 5) is 2.37. The third-order valence-electron chi connectivity index (χ3n) is 4.36. The molecule has 0 saturated carbocycles. The summed E-state index contributed by atoms with van der Waals surface area (Å²) in [5.74, 6) is 1.99. The summed E-state index contributed by atoms with van der Waals surface area (Å²) in [6, 6.07) is 6.27. The maximum absolute atomic E-state index is 10.4. The zero-order chi connectivity index (χ0) is 15.4. The van der Waals surface area contributed by atoms with Gasteiger partial charge in [0.25, 0.3) is 0 Å². The van der Waals surface area contributed by atoms with E-state index in [1.165, 1.54) is 19.3 Å². The van der Waals surface area contributed by atoms with E-state index in [0.29, 0.717) is 13.1 Å². The normalized spacial score (nSPS) is 21.6. The van der Waals surface area contributed by atoms with Crippen molar-refractivity contribution in [1.29, 1.82) is 0 Å². The molecule has 5 heteroatoms. The highest BCUT2D eigenvalue weighted by atomic mass is 16.3. The van der Waals surface area contributed by atoms with Crippen LogP contribution in [0.3, 0.4) is 0 Å². The van der Waals surface area contributed by atoms with E-state index in [4.69, 9.17) is 4.42 Å². The molecule has 2 atom stereocenters. The fourth-order valence-electron chi connectivity index (χ4n) is 3.29. The second-order valence-corrected chi connectivity index (χ2v) is 6.19. The van der Waals surface area contributed by atoms with Crippen molar-refractivity contribution in [2.24, 2.45) is 0 Å². The van der Waals surface area contributed by atoms with Crippen LogP contribution in [0.5, 0.6) is 0 Å². The maximum Gasteiger partial charge on any atom is 0.121 e. The van der Waals surface area contributed by atoms with Crippen LogP contribution in [-0.2, 0) is 6.54 Å². The number of aliphatic hydroxyl groups is 1. The van der Waals surface area contributed by atoms with E-state index in [1.54, 1.807) is 10.9 Å². The van der Waals surface area contributed by atoms with E-state index >= 15 is 0 Å². The van der Waals surface area contributed by atoms with E-state index in [1.807, 2.05) is 25.3 Å². The summed E-state index contributed by atoms with van der Waals surface area (Å²) in [7, 11) is 0. The number of likely N-dealkylation sites (tertiary alicyclic amines) is 1. The lowest BCUT2D eigenvalue weighted by Crippen LogP contribution is -2.37. The molecule has 2 aromatic rings. The Labute approximate surface area is 131 Å². The fraction of sp³-hybridized carbons (Fsp3) is 0.588. The van der Waals surface area contributed by atoms with Crippen LogP contribution in [-0.4, -0.2) is 39.0 Å². The number of aliphatic hydroxyl groups excluding tert-OH is 1. The Morgan fingerprint density at radius 2 is 2.23 bits per heavy atom. The van der Waals surface area contributed by atoms with Gasteiger partial charge in [0.2, 0.25) is 0 Å². The Bertz CT molecular complexity index is 564. The summed E-state index contributed by atoms with van der Waals surface area (Å²) >= 11 is 0. The zero-order valence-electron chi connectivity index (χ0n) is 13.2. The van der Waals surface area contributed by atoms with Crippen LogP contribution in [0.25, 0.3) is 0 Å². The molecule has 22 heavy (non-hydrogen) atoms. The molecule has 0 aromatic carbocycles. The Morgan fingerprint density at radius 3 is 2.95 bits per heavy atom. The third-order valence-corrected chi connectivity index (χ3v) is 4.36. The molecule has 3 rings (SSSR count). The minimum absolute atomic E-state index is 0.281. The predicted molar refractivity (Wildman–Crippen MR) is 84.5 cm³/mol. The molecule has 3 heterocycles. The van der Waals surface area contributed by atoms with Gasteiger partial charge in [-0.3, -0.25) is 9.58 Å². The van der Waals surface area contributed by atoms with Crippen LogP contribution >= 0.6 is 0 Å². The van der Waals surface area contributed by atoms with Gasteiger partial charge in [-0.15, -0.1) is 0 Å². The van der Waals surface area contributed by atoms with E-state index in [9.17, 15) is 5.11 Å². The van der Waals surface area contributed by atoms with Crippen LogP contribution in [0, 0.1) is 6.92 Å². The molecule has 2 aromatic heterocycles. The van der Waals surface area contributed by atoms with Crippen LogP contribution < -0.4 is 0 Å². The predicted octanol–water partition coefficient (Wildman–Crippen LogP) is 2.76. The number of nitrogens with zero attached hydrogens (tertiary/aromatic N) is 3. The molecule has 0 bridgehead atoms. The molecule has 0 spiro atoms. The van der Waals surface area contributed by atoms with Gasteiger partial charge in [-0.25, -0.2) is 0 Å². The molecular formula is C17H25N3O2. The minimum Gasteiger partial charge on any atom is -0.465 e. The molecule has 0 aliphatic carbocycles.